The van der Waals surface area contributed by atoms with E-state index in [-0.39, 0.29) is 47.0 Å². The second-order valence-electron chi connectivity index (χ2n) is 6.35. The highest BCUT2D eigenvalue weighted by Crippen LogP contribution is 2.35. The number of hydrogen-bond donors (Lipinski definition) is 1. The van der Waals surface area contributed by atoms with Crippen LogP contribution in [0.5, 0.6) is 5.75 Å². The molecule has 0 aliphatic heterocycles. The van der Waals surface area contributed by atoms with Crippen LogP contribution in [0.1, 0.15) is 35.8 Å². The number of ketones is 1. The second-order valence-corrected chi connectivity index (χ2v) is 6.35. The number of halogens is 2. The van der Waals surface area contributed by atoms with E-state index in [1.807, 2.05) is 6.07 Å². The van der Waals surface area contributed by atoms with Crippen LogP contribution >= 0.6 is 0 Å². The highest BCUT2D eigenvalue weighted by atomic mass is 19.1. The van der Waals surface area contributed by atoms with Crippen molar-refractivity contribution in [2.24, 2.45) is 0 Å². The number of fused-ring (bicyclic) bond motifs is 1. The average Bonchev–Trinajstić information content (AvgIpc) is 2.71. The summed E-state index contributed by atoms with van der Waals surface area (Å²) in [5.74, 6) is -3.47. The van der Waals surface area contributed by atoms with Gasteiger partial charge in [0.2, 0.25) is 0 Å². The Morgan fingerprint density at radius 2 is 1.93 bits per heavy atom. The number of para-hydroxylation sites is 1. The zero-order valence-electron chi connectivity index (χ0n) is 15.9. The van der Waals surface area contributed by atoms with Gasteiger partial charge in [0.15, 0.2) is 11.5 Å². The molecule has 6 nitrogen and oxygen atoms in total. The summed E-state index contributed by atoms with van der Waals surface area (Å²) in [6.45, 7) is 1.80. The fourth-order valence-electron chi connectivity index (χ4n) is 3.08. The molecule has 0 saturated carbocycles. The number of ether oxygens (including phenoxy) is 1. The summed E-state index contributed by atoms with van der Waals surface area (Å²) in [7, 11) is 0. The highest BCUT2D eigenvalue weighted by molar-refractivity contribution is 6.05. The molecule has 0 bridgehead atoms. The van der Waals surface area contributed by atoms with Crippen LogP contribution in [0.2, 0.25) is 0 Å². The van der Waals surface area contributed by atoms with E-state index in [1.165, 1.54) is 24.3 Å². The number of hydrogen-bond acceptors (Lipinski definition) is 6. The van der Waals surface area contributed by atoms with Crippen molar-refractivity contribution in [2.75, 3.05) is 6.61 Å². The third kappa shape index (κ3) is 3.96. The molecule has 0 saturated heterocycles. The van der Waals surface area contributed by atoms with Crippen LogP contribution in [-0.2, 0) is 9.53 Å². The van der Waals surface area contributed by atoms with E-state index in [2.05, 4.69) is 4.98 Å². The van der Waals surface area contributed by atoms with Gasteiger partial charge in [-0.05, 0) is 19.1 Å². The zero-order valence-corrected chi connectivity index (χ0v) is 15.9. The Bertz CT molecular complexity index is 1200. The normalized spacial score (nSPS) is 10.6. The number of benzene rings is 2. The number of Topliss-reactive ketones (excluding diaryl/α,β-unsaturated/α-hetero) is 1. The standard InChI is InChI=1S/C22H16F2N2O4/c1-2-30-19(28)9-8-18(27)21-22(29)16(11-25)15-5-3-4-14(20(15)26-21)13-7-6-12(23)10-17(13)24/h3-7,10,29H,2,8-9H2,1H3. The second kappa shape index (κ2) is 8.66. The molecule has 0 spiro atoms. The largest absolute Gasteiger partial charge is 0.504 e. The predicted octanol–water partition coefficient (Wildman–Crippen LogP) is 4.28. The number of aromatic hydroxyl groups is 1. The van der Waals surface area contributed by atoms with Crippen LogP contribution in [0, 0.1) is 23.0 Å². The summed E-state index contributed by atoms with van der Waals surface area (Å²) in [4.78, 5) is 28.3. The summed E-state index contributed by atoms with van der Waals surface area (Å²) in [6.07, 6.45) is -0.509. The molecular formula is C22H16F2N2O4. The number of aromatic nitrogens is 1. The number of nitriles is 1. The van der Waals surface area contributed by atoms with Crippen LogP contribution in [0.3, 0.4) is 0 Å². The molecule has 0 unspecified atom stereocenters. The van der Waals surface area contributed by atoms with Crippen molar-refractivity contribution in [3.05, 3.63) is 59.3 Å². The number of rotatable bonds is 6. The van der Waals surface area contributed by atoms with Gasteiger partial charge in [-0.2, -0.15) is 5.26 Å². The fourth-order valence-corrected chi connectivity index (χ4v) is 3.08. The lowest BCUT2D eigenvalue weighted by Crippen LogP contribution is -2.10. The molecule has 3 rings (SSSR count). The Balaban J connectivity index is 2.16. The minimum Gasteiger partial charge on any atom is -0.504 e. The minimum atomic E-state index is -0.842. The van der Waals surface area contributed by atoms with Gasteiger partial charge in [0.1, 0.15) is 29.0 Å². The van der Waals surface area contributed by atoms with E-state index in [4.69, 9.17) is 4.74 Å². The van der Waals surface area contributed by atoms with E-state index >= 15 is 0 Å². The van der Waals surface area contributed by atoms with Gasteiger partial charge in [0.25, 0.3) is 0 Å². The summed E-state index contributed by atoms with van der Waals surface area (Å²) in [6, 6.07) is 9.39. The molecule has 0 atom stereocenters. The van der Waals surface area contributed by atoms with Crippen molar-refractivity contribution < 1.29 is 28.2 Å². The highest BCUT2D eigenvalue weighted by Gasteiger charge is 2.23. The summed E-state index contributed by atoms with van der Waals surface area (Å²) < 4.78 is 32.5. The maximum atomic E-state index is 14.4. The molecule has 1 aromatic heterocycles. The van der Waals surface area contributed by atoms with E-state index in [9.17, 15) is 28.7 Å². The Morgan fingerprint density at radius 3 is 2.60 bits per heavy atom. The number of carbonyl (C=O) groups is 2. The summed E-state index contributed by atoms with van der Waals surface area (Å²) >= 11 is 0. The van der Waals surface area contributed by atoms with Crippen molar-refractivity contribution in [1.29, 1.82) is 5.26 Å². The van der Waals surface area contributed by atoms with Gasteiger partial charge in [-0.3, -0.25) is 9.59 Å². The van der Waals surface area contributed by atoms with Crippen LogP contribution in [0.15, 0.2) is 36.4 Å². The lowest BCUT2D eigenvalue weighted by Gasteiger charge is -2.12. The van der Waals surface area contributed by atoms with E-state index < -0.39 is 34.8 Å². The van der Waals surface area contributed by atoms with E-state index in [0.717, 1.165) is 6.07 Å². The van der Waals surface area contributed by atoms with Crippen LogP contribution < -0.4 is 0 Å². The molecule has 1 heterocycles. The molecular weight excluding hydrogens is 394 g/mol. The summed E-state index contributed by atoms with van der Waals surface area (Å²) in [5, 5.41) is 20.2. The number of pyridine rings is 1. The fraction of sp³-hybridized carbons (Fsp3) is 0.182. The van der Waals surface area contributed by atoms with Gasteiger partial charge in [-0.1, -0.05) is 18.2 Å². The molecule has 0 radical (unpaired) electrons. The Labute approximate surface area is 170 Å². The maximum absolute atomic E-state index is 14.4. The first-order valence-corrected chi connectivity index (χ1v) is 9.07. The Morgan fingerprint density at radius 1 is 1.17 bits per heavy atom. The quantitative estimate of drug-likeness (QED) is 0.481. The molecule has 8 heteroatoms. The molecule has 3 aromatic rings. The van der Waals surface area contributed by atoms with E-state index in [1.54, 1.807) is 6.92 Å². The van der Waals surface area contributed by atoms with Crippen molar-refractivity contribution in [2.45, 2.75) is 19.8 Å². The lowest BCUT2D eigenvalue weighted by atomic mass is 9.97. The van der Waals surface area contributed by atoms with E-state index in [0.29, 0.717) is 6.07 Å². The molecule has 0 fully saturated rings. The molecule has 152 valence electrons. The van der Waals surface area contributed by atoms with Crippen molar-refractivity contribution in [3.8, 4) is 22.9 Å². The Hall–Kier alpha value is -3.86. The van der Waals surface area contributed by atoms with Crippen molar-refractivity contribution in [3.63, 3.8) is 0 Å². The third-order valence-corrected chi connectivity index (χ3v) is 4.45. The van der Waals surface area contributed by atoms with Gasteiger partial charge >= 0.3 is 5.97 Å². The third-order valence-electron chi connectivity index (χ3n) is 4.45. The first-order chi connectivity index (χ1) is 14.4. The average molecular weight is 410 g/mol. The lowest BCUT2D eigenvalue weighted by molar-refractivity contribution is -0.143. The summed E-state index contributed by atoms with van der Waals surface area (Å²) in [5.41, 5.74) is -0.269. The SMILES string of the molecule is CCOC(=O)CCC(=O)c1nc2c(-c3ccc(F)cc3F)cccc2c(C#N)c1O. The monoisotopic (exact) mass is 410 g/mol. The van der Waals surface area contributed by atoms with Gasteiger partial charge in [0, 0.05) is 29.0 Å². The first-order valence-electron chi connectivity index (χ1n) is 9.07. The smallest absolute Gasteiger partial charge is 0.306 e. The molecule has 30 heavy (non-hydrogen) atoms. The zero-order chi connectivity index (χ0) is 21.8. The predicted molar refractivity (Wildman–Crippen MR) is 104 cm³/mol. The number of nitrogens with zero attached hydrogens (tertiary/aromatic N) is 2. The molecule has 0 aliphatic carbocycles. The first kappa shape index (κ1) is 20.9. The van der Waals surface area contributed by atoms with Crippen LogP contribution in [0.4, 0.5) is 8.78 Å². The number of esters is 1. The van der Waals surface area contributed by atoms with Gasteiger partial charge in [-0.25, -0.2) is 13.8 Å². The number of carbonyl (C=O) groups excluding carboxylic acids is 2. The van der Waals surface area contributed by atoms with Crippen molar-refractivity contribution in [1.82, 2.24) is 4.98 Å². The van der Waals surface area contributed by atoms with Gasteiger partial charge < -0.3 is 9.84 Å². The van der Waals surface area contributed by atoms with Crippen LogP contribution in [-0.4, -0.2) is 28.4 Å². The van der Waals surface area contributed by atoms with Gasteiger partial charge in [0.05, 0.1) is 18.5 Å². The molecule has 1 N–H and O–H groups in total. The topological polar surface area (TPSA) is 100 Å². The maximum Gasteiger partial charge on any atom is 0.306 e. The molecule has 0 amide bonds. The molecule has 0 aliphatic rings. The minimum absolute atomic E-state index is 0.0222. The van der Waals surface area contributed by atoms with Crippen molar-refractivity contribution >= 4 is 22.7 Å². The molecule has 2 aromatic carbocycles. The Kier molecular flexibility index (Phi) is 6.02. The van der Waals surface area contributed by atoms with Gasteiger partial charge in [-0.15, -0.1) is 0 Å². The van der Waals surface area contributed by atoms with Crippen LogP contribution in [0.25, 0.3) is 22.0 Å².